The molecule has 1 N–H and O–H groups in total. The smallest absolute Gasteiger partial charge is 0.234 e. The van der Waals surface area contributed by atoms with Crippen LogP contribution in [0, 0.1) is 11.3 Å². The molecule has 0 saturated heterocycles. The van der Waals surface area contributed by atoms with Gasteiger partial charge in [-0.1, -0.05) is 30.0 Å². The quantitative estimate of drug-likeness (QED) is 0.450. The average molecular weight is 383 g/mol. The van der Waals surface area contributed by atoms with Crippen LogP contribution >= 0.6 is 23.1 Å². The number of carbonyl (C=O) groups is 1. The molecule has 3 aromatic rings. The van der Waals surface area contributed by atoms with Gasteiger partial charge in [-0.2, -0.15) is 5.26 Å². The van der Waals surface area contributed by atoms with Gasteiger partial charge in [-0.15, -0.1) is 11.3 Å². The zero-order chi connectivity index (χ0) is 18.2. The Labute approximate surface area is 160 Å². The van der Waals surface area contributed by atoms with E-state index < -0.39 is 0 Å². The zero-order valence-corrected chi connectivity index (χ0v) is 15.6. The number of benzene rings is 2. The number of para-hydroxylation sites is 1. The number of nitriles is 1. The SMILES string of the molecule is N#CCCCOc1cccc(NC(=O)CSc2nc3ccccc3s2)c1. The van der Waals surface area contributed by atoms with Crippen LogP contribution in [0.5, 0.6) is 5.75 Å². The van der Waals surface area contributed by atoms with Crippen LogP contribution in [0.15, 0.2) is 52.9 Å². The van der Waals surface area contributed by atoms with E-state index >= 15 is 0 Å². The molecule has 0 fully saturated rings. The highest BCUT2D eigenvalue weighted by Crippen LogP contribution is 2.29. The minimum Gasteiger partial charge on any atom is -0.493 e. The summed E-state index contributed by atoms with van der Waals surface area (Å²) in [4.78, 5) is 16.7. The Morgan fingerprint density at radius 3 is 3.00 bits per heavy atom. The van der Waals surface area contributed by atoms with Crippen LogP contribution in [0.25, 0.3) is 10.2 Å². The first-order valence-electron chi connectivity index (χ1n) is 8.12. The van der Waals surface area contributed by atoms with Crippen molar-refractivity contribution in [2.45, 2.75) is 17.2 Å². The maximum Gasteiger partial charge on any atom is 0.234 e. The van der Waals surface area contributed by atoms with Gasteiger partial charge in [0.05, 0.1) is 28.6 Å². The third-order valence-corrected chi connectivity index (χ3v) is 5.60. The first-order chi connectivity index (χ1) is 12.7. The fourth-order valence-corrected chi connectivity index (χ4v) is 4.11. The normalized spacial score (nSPS) is 10.4. The van der Waals surface area contributed by atoms with Crippen molar-refractivity contribution < 1.29 is 9.53 Å². The first kappa shape index (κ1) is 18.2. The molecular weight excluding hydrogens is 366 g/mol. The number of ether oxygens (including phenoxy) is 1. The van der Waals surface area contributed by atoms with E-state index in [1.54, 1.807) is 17.4 Å². The predicted octanol–water partition coefficient (Wildman–Crippen LogP) is 4.71. The van der Waals surface area contributed by atoms with Crippen molar-refractivity contribution in [3.8, 4) is 11.8 Å². The molecule has 0 aliphatic rings. The summed E-state index contributed by atoms with van der Waals surface area (Å²) in [5.41, 5.74) is 1.65. The molecule has 1 heterocycles. The van der Waals surface area contributed by atoms with Gasteiger partial charge in [-0.05, 0) is 30.7 Å². The van der Waals surface area contributed by atoms with E-state index in [1.807, 2.05) is 42.5 Å². The summed E-state index contributed by atoms with van der Waals surface area (Å²) in [7, 11) is 0. The van der Waals surface area contributed by atoms with Gasteiger partial charge in [0.1, 0.15) is 5.75 Å². The molecule has 0 aliphatic carbocycles. The Balaban J connectivity index is 1.50. The number of nitrogens with one attached hydrogen (secondary N) is 1. The highest BCUT2D eigenvalue weighted by Gasteiger charge is 2.08. The molecule has 5 nitrogen and oxygen atoms in total. The Morgan fingerprint density at radius 2 is 2.15 bits per heavy atom. The van der Waals surface area contributed by atoms with Gasteiger partial charge in [-0.3, -0.25) is 4.79 Å². The number of carbonyl (C=O) groups excluding carboxylic acids is 1. The number of anilines is 1. The molecule has 0 atom stereocenters. The van der Waals surface area contributed by atoms with Gasteiger partial charge in [0.25, 0.3) is 0 Å². The van der Waals surface area contributed by atoms with Crippen LogP contribution in [0.4, 0.5) is 5.69 Å². The molecule has 1 amide bonds. The topological polar surface area (TPSA) is 75.0 Å². The Bertz CT molecular complexity index is 901. The van der Waals surface area contributed by atoms with E-state index in [2.05, 4.69) is 16.4 Å². The van der Waals surface area contributed by atoms with E-state index in [0.717, 1.165) is 14.6 Å². The summed E-state index contributed by atoms with van der Waals surface area (Å²) in [6.45, 7) is 0.485. The van der Waals surface area contributed by atoms with Gasteiger partial charge in [0.2, 0.25) is 5.91 Å². The second kappa shape index (κ2) is 9.22. The standard InChI is InChI=1S/C19H17N3O2S2/c20-10-3-4-11-24-15-7-5-6-14(12-15)21-18(23)13-25-19-22-16-8-1-2-9-17(16)26-19/h1-2,5-9,12H,3-4,11,13H2,(H,21,23). The van der Waals surface area contributed by atoms with Gasteiger partial charge in [-0.25, -0.2) is 4.98 Å². The lowest BCUT2D eigenvalue weighted by Crippen LogP contribution is -2.14. The largest absolute Gasteiger partial charge is 0.493 e. The van der Waals surface area contributed by atoms with Crippen molar-refractivity contribution in [3.63, 3.8) is 0 Å². The molecule has 0 bridgehead atoms. The van der Waals surface area contributed by atoms with E-state index in [4.69, 9.17) is 10.00 Å². The average Bonchev–Trinajstić information content (AvgIpc) is 3.07. The number of thioether (sulfide) groups is 1. The fraction of sp³-hybridized carbons (Fsp3) is 0.211. The molecule has 7 heteroatoms. The molecule has 0 radical (unpaired) electrons. The number of aromatic nitrogens is 1. The fourth-order valence-electron chi connectivity index (χ4n) is 2.24. The summed E-state index contributed by atoms with van der Waals surface area (Å²) < 4.78 is 7.58. The first-order valence-corrected chi connectivity index (χ1v) is 9.93. The lowest BCUT2D eigenvalue weighted by Gasteiger charge is -2.08. The molecule has 0 saturated carbocycles. The third kappa shape index (κ3) is 5.22. The van der Waals surface area contributed by atoms with E-state index in [1.165, 1.54) is 11.8 Å². The minimum absolute atomic E-state index is 0.0871. The number of hydrogen-bond acceptors (Lipinski definition) is 6. The maximum atomic E-state index is 12.2. The van der Waals surface area contributed by atoms with Crippen LogP contribution in [0.3, 0.4) is 0 Å². The number of thiazole rings is 1. The van der Waals surface area contributed by atoms with Crippen molar-refractivity contribution in [1.82, 2.24) is 4.98 Å². The van der Waals surface area contributed by atoms with Gasteiger partial charge >= 0.3 is 0 Å². The monoisotopic (exact) mass is 383 g/mol. The van der Waals surface area contributed by atoms with E-state index in [0.29, 0.717) is 36.6 Å². The molecule has 2 aromatic carbocycles. The minimum atomic E-state index is -0.0871. The Morgan fingerprint density at radius 1 is 1.27 bits per heavy atom. The summed E-state index contributed by atoms with van der Waals surface area (Å²) >= 11 is 3.02. The lowest BCUT2D eigenvalue weighted by atomic mass is 10.3. The Kier molecular flexibility index (Phi) is 6.47. The highest BCUT2D eigenvalue weighted by atomic mass is 32.2. The lowest BCUT2D eigenvalue weighted by molar-refractivity contribution is -0.113. The summed E-state index contributed by atoms with van der Waals surface area (Å²) in [5, 5.41) is 11.4. The number of nitrogens with zero attached hydrogens (tertiary/aromatic N) is 2. The number of fused-ring (bicyclic) bond motifs is 1. The molecule has 0 unspecified atom stereocenters. The molecule has 3 rings (SSSR count). The number of rotatable bonds is 8. The van der Waals surface area contributed by atoms with Crippen molar-refractivity contribution >= 4 is 44.9 Å². The van der Waals surface area contributed by atoms with Crippen molar-refractivity contribution in [3.05, 3.63) is 48.5 Å². The second-order valence-electron chi connectivity index (χ2n) is 5.42. The highest BCUT2D eigenvalue weighted by molar-refractivity contribution is 8.01. The second-order valence-corrected chi connectivity index (χ2v) is 7.68. The van der Waals surface area contributed by atoms with Crippen molar-refractivity contribution in [2.75, 3.05) is 17.7 Å². The summed E-state index contributed by atoms with van der Waals surface area (Å²) in [6, 6.07) is 17.3. The summed E-state index contributed by atoms with van der Waals surface area (Å²) in [6.07, 6.45) is 1.16. The van der Waals surface area contributed by atoms with Crippen LogP contribution < -0.4 is 10.1 Å². The summed E-state index contributed by atoms with van der Waals surface area (Å²) in [5.74, 6) is 0.892. The number of amides is 1. The zero-order valence-electron chi connectivity index (χ0n) is 14.0. The Hall–Kier alpha value is -2.56. The van der Waals surface area contributed by atoms with Crippen molar-refractivity contribution in [1.29, 1.82) is 5.26 Å². The number of unbranched alkanes of at least 4 members (excludes halogenated alkanes) is 1. The van der Waals surface area contributed by atoms with Crippen molar-refractivity contribution in [2.24, 2.45) is 0 Å². The van der Waals surface area contributed by atoms with Crippen LogP contribution in [0.1, 0.15) is 12.8 Å². The maximum absolute atomic E-state index is 12.2. The van der Waals surface area contributed by atoms with Gasteiger partial charge in [0.15, 0.2) is 4.34 Å². The molecule has 132 valence electrons. The molecule has 0 aliphatic heterocycles. The predicted molar refractivity (Wildman–Crippen MR) is 106 cm³/mol. The van der Waals surface area contributed by atoms with Gasteiger partial charge in [0, 0.05) is 18.2 Å². The molecule has 0 spiro atoms. The third-order valence-electron chi connectivity index (χ3n) is 3.42. The molecule has 1 aromatic heterocycles. The molecular formula is C19H17N3O2S2. The molecule has 26 heavy (non-hydrogen) atoms. The number of hydrogen-bond donors (Lipinski definition) is 1. The van der Waals surface area contributed by atoms with Crippen LogP contribution in [0.2, 0.25) is 0 Å². The van der Waals surface area contributed by atoms with E-state index in [9.17, 15) is 4.79 Å². The van der Waals surface area contributed by atoms with E-state index in [-0.39, 0.29) is 5.91 Å². The van der Waals surface area contributed by atoms with Crippen LogP contribution in [-0.4, -0.2) is 23.3 Å². The van der Waals surface area contributed by atoms with Gasteiger partial charge < -0.3 is 10.1 Å². The van der Waals surface area contributed by atoms with Crippen LogP contribution in [-0.2, 0) is 4.79 Å².